The molecule has 32 heavy (non-hydrogen) atoms. The van der Waals surface area contributed by atoms with Gasteiger partial charge in [0.05, 0.1) is 17.5 Å². The number of rotatable bonds is 7. The van der Waals surface area contributed by atoms with Crippen LogP contribution in [0.25, 0.3) is 22.3 Å². The van der Waals surface area contributed by atoms with Crippen LogP contribution in [0.5, 0.6) is 5.75 Å². The second-order valence-electron chi connectivity index (χ2n) is 8.20. The number of unbranched alkanes of at least 4 members (excludes halogenated alkanes) is 1. The number of aromatic nitrogens is 2. The van der Waals surface area contributed by atoms with Crippen molar-refractivity contribution in [3.63, 3.8) is 0 Å². The van der Waals surface area contributed by atoms with Gasteiger partial charge in [-0.2, -0.15) is 0 Å². The van der Waals surface area contributed by atoms with E-state index in [2.05, 4.69) is 32.9 Å². The molecule has 0 aliphatic heterocycles. The lowest BCUT2D eigenvalue weighted by Gasteiger charge is -2.15. The van der Waals surface area contributed by atoms with Crippen LogP contribution in [0.15, 0.2) is 65.5 Å². The molecule has 0 radical (unpaired) electrons. The van der Waals surface area contributed by atoms with E-state index in [1.165, 1.54) is 5.56 Å². The Bertz CT molecular complexity index is 1290. The summed E-state index contributed by atoms with van der Waals surface area (Å²) in [6.45, 7) is 7.43. The zero-order valence-electron chi connectivity index (χ0n) is 18.7. The molecule has 5 heteroatoms. The Morgan fingerprint density at radius 1 is 0.938 bits per heavy atom. The minimum atomic E-state index is -0.0216. The van der Waals surface area contributed by atoms with Crippen molar-refractivity contribution in [2.24, 2.45) is 0 Å². The summed E-state index contributed by atoms with van der Waals surface area (Å²) in [5.74, 6) is 1.62. The molecule has 0 spiro atoms. The first-order valence-corrected chi connectivity index (χ1v) is 11.3. The van der Waals surface area contributed by atoms with Crippen molar-refractivity contribution in [1.82, 2.24) is 9.55 Å². The van der Waals surface area contributed by atoms with Gasteiger partial charge in [0.15, 0.2) is 0 Å². The van der Waals surface area contributed by atoms with Gasteiger partial charge in [-0.3, -0.25) is 9.36 Å². The first-order chi connectivity index (χ1) is 15.4. The van der Waals surface area contributed by atoms with E-state index in [9.17, 15) is 4.79 Å². The number of hydrogen-bond acceptors (Lipinski definition) is 3. The minimum Gasteiger partial charge on any atom is -0.493 e. The van der Waals surface area contributed by atoms with Gasteiger partial charge >= 0.3 is 0 Å². The molecule has 3 aromatic carbocycles. The number of para-hydroxylation sites is 1. The van der Waals surface area contributed by atoms with Gasteiger partial charge in [0, 0.05) is 17.1 Å². The molecule has 4 rings (SSSR count). The minimum absolute atomic E-state index is 0.0216. The van der Waals surface area contributed by atoms with Crippen LogP contribution in [0, 0.1) is 20.8 Å². The van der Waals surface area contributed by atoms with Crippen LogP contribution in [-0.4, -0.2) is 16.2 Å². The first-order valence-electron chi connectivity index (χ1n) is 10.9. The quantitative estimate of drug-likeness (QED) is 0.304. The maximum Gasteiger partial charge on any atom is 0.261 e. The molecule has 0 bridgehead atoms. The van der Waals surface area contributed by atoms with Crippen molar-refractivity contribution < 1.29 is 4.74 Å². The van der Waals surface area contributed by atoms with Gasteiger partial charge in [-0.25, -0.2) is 4.98 Å². The van der Waals surface area contributed by atoms with E-state index in [0.29, 0.717) is 34.9 Å². The molecule has 0 aliphatic carbocycles. The molecule has 0 saturated carbocycles. The van der Waals surface area contributed by atoms with Crippen molar-refractivity contribution in [3.8, 4) is 17.1 Å². The molecule has 0 atom stereocenters. The highest BCUT2D eigenvalue weighted by molar-refractivity contribution is 6.30. The normalized spacial score (nSPS) is 11.1. The fourth-order valence-electron chi connectivity index (χ4n) is 4.14. The first kappa shape index (κ1) is 22.1. The molecule has 0 aliphatic rings. The number of nitrogens with zero attached hydrogens (tertiary/aromatic N) is 2. The van der Waals surface area contributed by atoms with E-state index in [-0.39, 0.29) is 5.56 Å². The molecule has 1 heterocycles. The monoisotopic (exact) mass is 446 g/mol. The third kappa shape index (κ3) is 4.71. The molecule has 1 aromatic heterocycles. The van der Waals surface area contributed by atoms with Crippen molar-refractivity contribution in [2.75, 3.05) is 6.61 Å². The lowest BCUT2D eigenvalue weighted by atomic mass is 10.1. The summed E-state index contributed by atoms with van der Waals surface area (Å²) in [6, 6.07) is 19.2. The Kier molecular flexibility index (Phi) is 6.61. The van der Waals surface area contributed by atoms with E-state index < -0.39 is 0 Å². The second kappa shape index (κ2) is 9.58. The van der Waals surface area contributed by atoms with E-state index in [4.69, 9.17) is 21.3 Å². The van der Waals surface area contributed by atoms with E-state index >= 15 is 0 Å². The van der Waals surface area contributed by atoms with Crippen molar-refractivity contribution in [2.45, 2.75) is 40.2 Å². The maximum absolute atomic E-state index is 13.3. The number of fused-ring (bicyclic) bond motifs is 1. The Labute approximate surface area is 193 Å². The second-order valence-corrected chi connectivity index (χ2v) is 8.64. The number of halogens is 1. The molecule has 164 valence electrons. The number of aryl methyl sites for hydroxylation is 3. The molecular weight excluding hydrogens is 420 g/mol. The van der Waals surface area contributed by atoms with Gasteiger partial charge in [-0.05, 0) is 81.1 Å². The van der Waals surface area contributed by atoms with Gasteiger partial charge in [-0.1, -0.05) is 41.4 Å². The highest BCUT2D eigenvalue weighted by atomic mass is 35.5. The Morgan fingerprint density at radius 2 is 1.62 bits per heavy atom. The number of hydrogen-bond donors (Lipinski definition) is 0. The molecular formula is C27H27ClN2O2. The summed E-state index contributed by atoms with van der Waals surface area (Å²) in [5, 5.41) is 1.29. The summed E-state index contributed by atoms with van der Waals surface area (Å²) in [5.41, 5.74) is 5.11. The lowest BCUT2D eigenvalue weighted by Crippen LogP contribution is -2.24. The summed E-state index contributed by atoms with van der Waals surface area (Å²) in [6.07, 6.45) is 1.65. The SMILES string of the molecule is Cc1cc(C)c(OCCCCn2c(-c3ccc(Cl)cc3)nc3ccccc3c2=O)c(C)c1. The van der Waals surface area contributed by atoms with Crippen LogP contribution in [0.1, 0.15) is 29.5 Å². The Morgan fingerprint density at radius 3 is 2.34 bits per heavy atom. The number of benzene rings is 3. The summed E-state index contributed by atoms with van der Waals surface area (Å²) < 4.78 is 7.84. The van der Waals surface area contributed by atoms with Crippen LogP contribution < -0.4 is 10.3 Å². The van der Waals surface area contributed by atoms with E-state index in [1.54, 1.807) is 4.57 Å². The predicted molar refractivity (Wildman–Crippen MR) is 132 cm³/mol. The smallest absolute Gasteiger partial charge is 0.261 e. The zero-order chi connectivity index (χ0) is 22.7. The van der Waals surface area contributed by atoms with E-state index in [0.717, 1.165) is 35.3 Å². The molecule has 4 aromatic rings. The van der Waals surface area contributed by atoms with Crippen LogP contribution in [0.3, 0.4) is 0 Å². The molecule has 0 unspecified atom stereocenters. The third-order valence-corrected chi connectivity index (χ3v) is 5.84. The lowest BCUT2D eigenvalue weighted by molar-refractivity contribution is 0.299. The predicted octanol–water partition coefficient (Wildman–Crippen LogP) is 6.50. The van der Waals surface area contributed by atoms with Crippen LogP contribution in [0.2, 0.25) is 5.02 Å². The molecule has 0 saturated heterocycles. The van der Waals surface area contributed by atoms with Gasteiger partial charge in [0.25, 0.3) is 5.56 Å². The number of ether oxygens (including phenoxy) is 1. The molecule has 4 nitrogen and oxygen atoms in total. The van der Waals surface area contributed by atoms with Crippen LogP contribution in [0.4, 0.5) is 0 Å². The average molecular weight is 447 g/mol. The fourth-order valence-corrected chi connectivity index (χ4v) is 4.26. The zero-order valence-corrected chi connectivity index (χ0v) is 19.4. The van der Waals surface area contributed by atoms with Gasteiger partial charge in [0.1, 0.15) is 11.6 Å². The molecule has 0 N–H and O–H groups in total. The van der Waals surface area contributed by atoms with Gasteiger partial charge in [-0.15, -0.1) is 0 Å². The third-order valence-electron chi connectivity index (χ3n) is 5.59. The van der Waals surface area contributed by atoms with Gasteiger partial charge in [0.2, 0.25) is 0 Å². The van der Waals surface area contributed by atoms with Crippen LogP contribution >= 0.6 is 11.6 Å². The highest BCUT2D eigenvalue weighted by Crippen LogP contribution is 2.25. The van der Waals surface area contributed by atoms with Crippen molar-refractivity contribution in [1.29, 1.82) is 0 Å². The standard InChI is InChI=1S/C27H27ClN2O2/c1-18-16-19(2)25(20(3)17-18)32-15-7-6-14-30-26(21-10-12-22(28)13-11-21)29-24-9-5-4-8-23(24)27(30)31/h4-5,8-13,16-17H,6-7,14-15H2,1-3H3. The van der Waals surface area contributed by atoms with Crippen molar-refractivity contribution >= 4 is 22.5 Å². The summed E-state index contributed by atoms with van der Waals surface area (Å²) >= 11 is 6.06. The average Bonchev–Trinajstić information content (AvgIpc) is 2.77. The molecule has 0 amide bonds. The Balaban J connectivity index is 1.53. The van der Waals surface area contributed by atoms with E-state index in [1.807, 2.05) is 48.5 Å². The largest absolute Gasteiger partial charge is 0.493 e. The van der Waals surface area contributed by atoms with Gasteiger partial charge < -0.3 is 4.74 Å². The highest BCUT2D eigenvalue weighted by Gasteiger charge is 2.13. The van der Waals surface area contributed by atoms with Crippen molar-refractivity contribution in [3.05, 3.63) is 92.7 Å². The fraction of sp³-hybridized carbons (Fsp3) is 0.259. The molecule has 0 fully saturated rings. The van der Waals surface area contributed by atoms with Crippen LogP contribution in [-0.2, 0) is 6.54 Å². The maximum atomic E-state index is 13.3. The summed E-state index contributed by atoms with van der Waals surface area (Å²) in [7, 11) is 0. The summed E-state index contributed by atoms with van der Waals surface area (Å²) in [4.78, 5) is 18.1. The Hall–Kier alpha value is -3.11. The topological polar surface area (TPSA) is 44.1 Å².